The fraction of sp³-hybridized carbons (Fsp3) is 0.333. The number of aromatic nitrogens is 2. The molecule has 0 bridgehead atoms. The number of likely N-dealkylation sites (tertiary alicyclic amines) is 1. The number of nitrogens with zero attached hydrogens (tertiary/aromatic N) is 3. The van der Waals surface area contributed by atoms with Crippen LogP contribution in [0.1, 0.15) is 45.9 Å². The van der Waals surface area contributed by atoms with Crippen molar-refractivity contribution < 1.29 is 18.0 Å². The molecule has 2 heterocycles. The van der Waals surface area contributed by atoms with Crippen LogP contribution in [0.2, 0.25) is 5.02 Å². The lowest BCUT2D eigenvalue weighted by Gasteiger charge is -2.38. The molecule has 39 heavy (non-hydrogen) atoms. The Kier molecular flexibility index (Phi) is 7.96. The van der Waals surface area contributed by atoms with Crippen LogP contribution in [0.3, 0.4) is 0 Å². The van der Waals surface area contributed by atoms with Gasteiger partial charge < -0.3 is 5.32 Å². The number of hydrogen-bond acceptors (Lipinski definition) is 3. The van der Waals surface area contributed by atoms with Crippen LogP contribution in [0.5, 0.6) is 0 Å². The van der Waals surface area contributed by atoms with Crippen LogP contribution in [-0.4, -0.2) is 46.4 Å². The Balaban J connectivity index is 1.27. The molecule has 9 heteroatoms. The fourth-order valence-electron chi connectivity index (χ4n) is 5.45. The van der Waals surface area contributed by atoms with Crippen LogP contribution in [0.25, 0.3) is 10.9 Å². The molecule has 1 N–H and O–H groups in total. The second-order valence-corrected chi connectivity index (χ2v) is 10.6. The third kappa shape index (κ3) is 6.45. The van der Waals surface area contributed by atoms with Gasteiger partial charge in [0.1, 0.15) is 6.54 Å². The molecule has 1 fully saturated rings. The SMILES string of the molecule is Cc1c(C(=O)NCC(F)(F)F)ccc2nn(CC3CCN(C(c4ccccc4)c4ccc(Cl)cc4)CC3)cc12. The van der Waals surface area contributed by atoms with Crippen LogP contribution >= 0.6 is 11.6 Å². The van der Waals surface area contributed by atoms with E-state index in [2.05, 4.69) is 46.4 Å². The summed E-state index contributed by atoms with van der Waals surface area (Å²) < 4.78 is 39.5. The lowest BCUT2D eigenvalue weighted by atomic mass is 9.91. The van der Waals surface area contributed by atoms with Crippen molar-refractivity contribution in [2.45, 2.75) is 38.5 Å². The Labute approximate surface area is 230 Å². The molecule has 1 atom stereocenters. The van der Waals surface area contributed by atoms with E-state index in [0.717, 1.165) is 48.4 Å². The highest BCUT2D eigenvalue weighted by Gasteiger charge is 2.29. The van der Waals surface area contributed by atoms with Crippen LogP contribution in [0.15, 0.2) is 72.9 Å². The normalized spacial score (nSPS) is 15.9. The van der Waals surface area contributed by atoms with E-state index in [1.165, 1.54) is 11.1 Å². The third-order valence-corrected chi connectivity index (χ3v) is 7.71. The van der Waals surface area contributed by atoms with E-state index in [1.807, 2.05) is 34.4 Å². The van der Waals surface area contributed by atoms with Crippen LogP contribution in [-0.2, 0) is 6.54 Å². The van der Waals surface area contributed by atoms with E-state index in [1.54, 1.807) is 19.1 Å². The summed E-state index contributed by atoms with van der Waals surface area (Å²) in [4.78, 5) is 14.9. The minimum Gasteiger partial charge on any atom is -0.343 e. The Hall–Kier alpha value is -3.36. The van der Waals surface area contributed by atoms with Gasteiger partial charge in [0.25, 0.3) is 5.91 Å². The van der Waals surface area contributed by atoms with Gasteiger partial charge in [-0.1, -0.05) is 54.1 Å². The summed E-state index contributed by atoms with van der Waals surface area (Å²) in [7, 11) is 0. The lowest BCUT2D eigenvalue weighted by Crippen LogP contribution is -2.38. The van der Waals surface area contributed by atoms with Gasteiger partial charge in [-0.05, 0) is 79.7 Å². The summed E-state index contributed by atoms with van der Waals surface area (Å²) in [6.45, 7) is 3.02. The number of carbonyl (C=O) groups excluding carboxylic acids is 1. The zero-order valence-corrected chi connectivity index (χ0v) is 22.3. The average molecular weight is 555 g/mol. The topological polar surface area (TPSA) is 50.2 Å². The number of piperidine rings is 1. The van der Waals surface area contributed by atoms with Crippen LogP contribution in [0, 0.1) is 12.8 Å². The zero-order valence-electron chi connectivity index (χ0n) is 21.6. The molecular formula is C30H30ClF3N4O. The quantitative estimate of drug-likeness (QED) is 0.273. The van der Waals surface area contributed by atoms with Gasteiger partial charge in [-0.25, -0.2) is 0 Å². The van der Waals surface area contributed by atoms with Gasteiger partial charge >= 0.3 is 6.18 Å². The van der Waals surface area contributed by atoms with Crippen LogP contribution in [0.4, 0.5) is 13.2 Å². The molecule has 4 aromatic rings. The van der Waals surface area contributed by atoms with Gasteiger partial charge in [-0.2, -0.15) is 18.3 Å². The summed E-state index contributed by atoms with van der Waals surface area (Å²) in [5, 5.41) is 8.14. The number of fused-ring (bicyclic) bond motifs is 1. The van der Waals surface area contributed by atoms with E-state index in [4.69, 9.17) is 11.6 Å². The van der Waals surface area contributed by atoms with Gasteiger partial charge in [0.15, 0.2) is 0 Å². The summed E-state index contributed by atoms with van der Waals surface area (Å²) in [6.07, 6.45) is -0.531. The van der Waals surface area contributed by atoms with Crippen molar-refractivity contribution in [2.24, 2.45) is 5.92 Å². The Morgan fingerprint density at radius 2 is 1.69 bits per heavy atom. The highest BCUT2D eigenvalue weighted by atomic mass is 35.5. The zero-order chi connectivity index (χ0) is 27.6. The first kappa shape index (κ1) is 27.2. The molecule has 0 radical (unpaired) electrons. The first-order valence-electron chi connectivity index (χ1n) is 13.0. The first-order valence-corrected chi connectivity index (χ1v) is 13.4. The number of rotatable bonds is 7. The number of benzene rings is 3. The minimum atomic E-state index is -4.45. The second kappa shape index (κ2) is 11.4. The maximum Gasteiger partial charge on any atom is 0.405 e. The predicted octanol–water partition coefficient (Wildman–Crippen LogP) is 6.79. The van der Waals surface area contributed by atoms with Crippen molar-refractivity contribution in [1.29, 1.82) is 0 Å². The molecule has 1 saturated heterocycles. The van der Waals surface area contributed by atoms with Crippen molar-refractivity contribution in [3.63, 3.8) is 0 Å². The highest BCUT2D eigenvalue weighted by molar-refractivity contribution is 6.30. The number of hydrogen-bond donors (Lipinski definition) is 1. The first-order chi connectivity index (χ1) is 18.7. The largest absolute Gasteiger partial charge is 0.405 e. The number of alkyl halides is 3. The number of nitrogens with one attached hydrogen (secondary N) is 1. The Morgan fingerprint density at radius 1 is 1.03 bits per heavy atom. The summed E-state index contributed by atoms with van der Waals surface area (Å²) in [5.41, 5.74) is 4.05. The van der Waals surface area contributed by atoms with Crippen molar-refractivity contribution in [3.05, 3.63) is 100 Å². The van der Waals surface area contributed by atoms with Crippen molar-refractivity contribution in [1.82, 2.24) is 20.0 Å². The highest BCUT2D eigenvalue weighted by Crippen LogP contribution is 2.33. The summed E-state index contributed by atoms with van der Waals surface area (Å²) in [6, 6.07) is 22.0. The van der Waals surface area contributed by atoms with Crippen molar-refractivity contribution >= 4 is 28.4 Å². The van der Waals surface area contributed by atoms with Gasteiger partial charge in [-0.15, -0.1) is 0 Å². The molecule has 0 aliphatic carbocycles. The molecular weight excluding hydrogens is 525 g/mol. The molecule has 0 saturated carbocycles. The standard InChI is InChI=1S/C30H30ClF3N4O/c1-20-25(29(39)35-19-30(32,33)34)11-12-27-26(20)18-38(36-27)17-21-13-15-37(16-14-21)28(22-5-3-2-4-6-22)23-7-9-24(31)10-8-23/h2-12,18,21,28H,13-17,19H2,1H3,(H,35,39). The molecule has 0 spiro atoms. The van der Waals surface area contributed by atoms with E-state index in [9.17, 15) is 18.0 Å². The number of amides is 1. The minimum absolute atomic E-state index is 0.154. The van der Waals surface area contributed by atoms with E-state index < -0.39 is 18.6 Å². The molecule has 1 aliphatic rings. The maximum absolute atomic E-state index is 12.5. The van der Waals surface area contributed by atoms with Gasteiger partial charge in [0.2, 0.25) is 0 Å². The predicted molar refractivity (Wildman–Crippen MR) is 147 cm³/mol. The monoisotopic (exact) mass is 554 g/mol. The fourth-order valence-corrected chi connectivity index (χ4v) is 5.57. The van der Waals surface area contributed by atoms with E-state index in [0.29, 0.717) is 11.5 Å². The Bertz CT molecular complexity index is 1430. The van der Waals surface area contributed by atoms with Gasteiger partial charge in [-0.3, -0.25) is 14.4 Å². The summed E-state index contributed by atoms with van der Waals surface area (Å²) in [5.74, 6) is -0.299. The lowest BCUT2D eigenvalue weighted by molar-refractivity contribution is -0.123. The Morgan fingerprint density at radius 3 is 2.36 bits per heavy atom. The van der Waals surface area contributed by atoms with Crippen molar-refractivity contribution in [2.75, 3.05) is 19.6 Å². The molecule has 1 aromatic heterocycles. The second-order valence-electron chi connectivity index (χ2n) is 10.2. The third-order valence-electron chi connectivity index (χ3n) is 7.46. The molecule has 3 aromatic carbocycles. The molecule has 5 nitrogen and oxygen atoms in total. The number of carbonyl (C=O) groups is 1. The average Bonchev–Trinajstić information content (AvgIpc) is 3.33. The molecule has 1 aliphatic heterocycles. The number of halogens is 4. The van der Waals surface area contributed by atoms with Gasteiger partial charge in [0.05, 0.1) is 11.6 Å². The molecule has 1 unspecified atom stereocenters. The molecule has 1 amide bonds. The van der Waals surface area contributed by atoms with Crippen LogP contribution < -0.4 is 5.32 Å². The smallest absolute Gasteiger partial charge is 0.343 e. The van der Waals surface area contributed by atoms with E-state index >= 15 is 0 Å². The number of aryl methyl sites for hydroxylation is 1. The molecule has 5 rings (SSSR count). The maximum atomic E-state index is 12.5. The van der Waals surface area contributed by atoms with Crippen molar-refractivity contribution in [3.8, 4) is 0 Å². The summed E-state index contributed by atoms with van der Waals surface area (Å²) >= 11 is 6.16. The van der Waals surface area contributed by atoms with Gasteiger partial charge in [0, 0.05) is 28.7 Å². The van der Waals surface area contributed by atoms with E-state index in [-0.39, 0.29) is 11.6 Å². The molecule has 204 valence electrons.